The van der Waals surface area contributed by atoms with Crippen LogP contribution in [0.1, 0.15) is 12.0 Å². The fourth-order valence-corrected chi connectivity index (χ4v) is 2.58. The van der Waals surface area contributed by atoms with E-state index in [9.17, 15) is 9.90 Å². The molecule has 2 aromatic carbocycles. The summed E-state index contributed by atoms with van der Waals surface area (Å²) in [6.45, 7) is 0.244. The highest BCUT2D eigenvalue weighted by Crippen LogP contribution is 2.22. The van der Waals surface area contributed by atoms with Crippen LogP contribution in [0.5, 0.6) is 5.75 Å². The molecule has 128 valence electrons. The van der Waals surface area contributed by atoms with Crippen molar-refractivity contribution in [1.29, 1.82) is 0 Å². The molecule has 0 amide bonds. The summed E-state index contributed by atoms with van der Waals surface area (Å²) in [5.41, 5.74) is 3.17. The molecular formula is C21H21NO3. The van der Waals surface area contributed by atoms with E-state index in [-0.39, 0.29) is 12.2 Å². The summed E-state index contributed by atoms with van der Waals surface area (Å²) < 4.78 is 5.66. The lowest BCUT2D eigenvalue weighted by Crippen LogP contribution is -2.18. The molecule has 4 heteroatoms. The Morgan fingerprint density at radius 3 is 2.32 bits per heavy atom. The Kier molecular flexibility index (Phi) is 5.65. The Hall–Kier alpha value is -2.85. The lowest BCUT2D eigenvalue weighted by molar-refractivity contribution is 0.100. The minimum absolute atomic E-state index is 0.119. The summed E-state index contributed by atoms with van der Waals surface area (Å²) in [5, 5.41) is 10.1. The van der Waals surface area contributed by atoms with E-state index in [0.29, 0.717) is 12.8 Å². The van der Waals surface area contributed by atoms with Crippen molar-refractivity contribution in [1.82, 2.24) is 4.98 Å². The van der Waals surface area contributed by atoms with Crippen LogP contribution >= 0.6 is 0 Å². The Morgan fingerprint density at radius 2 is 1.64 bits per heavy atom. The topological polar surface area (TPSA) is 62.3 Å². The standard InChI is InChI=1S/C21H21NO3/c23-19(10-6-16-7-13-21(24)22-14-16)15-25-20-11-8-18(9-12-20)17-4-2-1-3-5-17/h1-5,7-9,11-14,19,23H,6,10,15H2,(H,22,24). The Balaban J connectivity index is 1.48. The van der Waals surface area contributed by atoms with Crippen molar-refractivity contribution >= 4 is 0 Å². The summed E-state index contributed by atoms with van der Waals surface area (Å²) in [4.78, 5) is 13.6. The highest BCUT2D eigenvalue weighted by molar-refractivity contribution is 5.63. The summed E-state index contributed by atoms with van der Waals surface area (Å²) in [6, 6.07) is 21.3. The van der Waals surface area contributed by atoms with Crippen LogP contribution < -0.4 is 10.3 Å². The van der Waals surface area contributed by atoms with Gasteiger partial charge in [-0.1, -0.05) is 48.5 Å². The Labute approximate surface area is 146 Å². The number of aromatic amines is 1. The third-order valence-electron chi connectivity index (χ3n) is 4.02. The van der Waals surface area contributed by atoms with Crippen LogP contribution in [0.15, 0.2) is 77.7 Å². The van der Waals surface area contributed by atoms with E-state index in [2.05, 4.69) is 17.1 Å². The van der Waals surface area contributed by atoms with E-state index in [1.807, 2.05) is 42.5 Å². The predicted molar refractivity (Wildman–Crippen MR) is 98.8 cm³/mol. The van der Waals surface area contributed by atoms with E-state index in [0.717, 1.165) is 22.4 Å². The third kappa shape index (κ3) is 5.06. The van der Waals surface area contributed by atoms with Gasteiger partial charge in [0.25, 0.3) is 0 Å². The number of rotatable bonds is 7. The molecule has 0 fully saturated rings. The minimum Gasteiger partial charge on any atom is -0.491 e. The van der Waals surface area contributed by atoms with E-state index in [1.165, 1.54) is 6.07 Å². The number of aliphatic hydroxyl groups is 1. The fraction of sp³-hybridized carbons (Fsp3) is 0.190. The first-order chi connectivity index (χ1) is 12.2. The maximum absolute atomic E-state index is 11.0. The average Bonchev–Trinajstić information content (AvgIpc) is 2.67. The highest BCUT2D eigenvalue weighted by Gasteiger charge is 2.06. The number of aliphatic hydroxyl groups excluding tert-OH is 1. The van der Waals surface area contributed by atoms with Gasteiger partial charge in [0.05, 0.1) is 6.10 Å². The molecule has 0 aliphatic heterocycles. The molecule has 0 radical (unpaired) electrons. The molecule has 25 heavy (non-hydrogen) atoms. The summed E-state index contributed by atoms with van der Waals surface area (Å²) >= 11 is 0. The molecule has 1 heterocycles. The number of ether oxygens (including phenoxy) is 1. The first-order valence-corrected chi connectivity index (χ1v) is 8.35. The first kappa shape index (κ1) is 17.0. The molecule has 0 aliphatic carbocycles. The lowest BCUT2D eigenvalue weighted by Gasteiger charge is -2.12. The van der Waals surface area contributed by atoms with Gasteiger partial charge >= 0.3 is 0 Å². The van der Waals surface area contributed by atoms with Crippen molar-refractivity contribution < 1.29 is 9.84 Å². The average molecular weight is 335 g/mol. The molecule has 2 N–H and O–H groups in total. The first-order valence-electron chi connectivity index (χ1n) is 8.35. The van der Waals surface area contributed by atoms with E-state index < -0.39 is 6.10 Å². The molecular weight excluding hydrogens is 314 g/mol. The number of nitrogens with one attached hydrogen (secondary N) is 1. The van der Waals surface area contributed by atoms with E-state index in [1.54, 1.807) is 12.3 Å². The number of pyridine rings is 1. The van der Waals surface area contributed by atoms with Crippen molar-refractivity contribution in [3.05, 3.63) is 88.8 Å². The third-order valence-corrected chi connectivity index (χ3v) is 4.02. The number of benzene rings is 2. The molecule has 0 aliphatic rings. The maximum atomic E-state index is 11.0. The molecule has 0 saturated carbocycles. The zero-order chi connectivity index (χ0) is 17.5. The Morgan fingerprint density at radius 1 is 0.920 bits per heavy atom. The van der Waals surface area contributed by atoms with Crippen LogP contribution in [0.4, 0.5) is 0 Å². The number of H-pyrrole nitrogens is 1. The maximum Gasteiger partial charge on any atom is 0.247 e. The highest BCUT2D eigenvalue weighted by atomic mass is 16.5. The quantitative estimate of drug-likeness (QED) is 0.695. The fourth-order valence-electron chi connectivity index (χ4n) is 2.58. The minimum atomic E-state index is -0.555. The molecule has 3 rings (SSSR count). The predicted octanol–water partition coefficient (Wildman–Crippen LogP) is 3.41. The second kappa shape index (κ2) is 8.31. The van der Waals surface area contributed by atoms with Crippen LogP contribution in [-0.2, 0) is 6.42 Å². The van der Waals surface area contributed by atoms with Gasteiger partial charge in [0, 0.05) is 12.3 Å². The second-order valence-electron chi connectivity index (χ2n) is 5.96. The molecule has 0 saturated heterocycles. The van der Waals surface area contributed by atoms with Gasteiger partial charge in [0.1, 0.15) is 12.4 Å². The van der Waals surface area contributed by atoms with Gasteiger partial charge in [-0.3, -0.25) is 4.79 Å². The van der Waals surface area contributed by atoms with Gasteiger partial charge in [0.2, 0.25) is 5.56 Å². The van der Waals surface area contributed by atoms with Crippen molar-refractivity contribution in [3.63, 3.8) is 0 Å². The van der Waals surface area contributed by atoms with Crippen LogP contribution in [0, 0.1) is 0 Å². The zero-order valence-corrected chi connectivity index (χ0v) is 13.9. The Bertz CT molecular complexity index is 821. The largest absolute Gasteiger partial charge is 0.491 e. The van der Waals surface area contributed by atoms with Gasteiger partial charge in [-0.15, -0.1) is 0 Å². The molecule has 0 bridgehead atoms. The van der Waals surface area contributed by atoms with E-state index >= 15 is 0 Å². The molecule has 3 aromatic rings. The van der Waals surface area contributed by atoms with Gasteiger partial charge < -0.3 is 14.8 Å². The molecule has 1 aromatic heterocycles. The lowest BCUT2D eigenvalue weighted by atomic mass is 10.1. The molecule has 1 unspecified atom stereocenters. The number of aryl methyl sites for hydroxylation is 1. The monoisotopic (exact) mass is 335 g/mol. The van der Waals surface area contributed by atoms with Crippen LogP contribution in [0.2, 0.25) is 0 Å². The number of hydrogen-bond donors (Lipinski definition) is 2. The number of aromatic nitrogens is 1. The van der Waals surface area contributed by atoms with Crippen LogP contribution in [0.25, 0.3) is 11.1 Å². The summed E-state index contributed by atoms with van der Waals surface area (Å²) in [5.74, 6) is 0.739. The number of hydrogen-bond acceptors (Lipinski definition) is 3. The summed E-state index contributed by atoms with van der Waals surface area (Å²) in [6.07, 6.45) is 2.39. The zero-order valence-electron chi connectivity index (χ0n) is 13.9. The van der Waals surface area contributed by atoms with Gasteiger partial charge in [-0.05, 0) is 41.7 Å². The van der Waals surface area contributed by atoms with Gasteiger partial charge in [0.15, 0.2) is 0 Å². The van der Waals surface area contributed by atoms with E-state index in [4.69, 9.17) is 4.74 Å². The van der Waals surface area contributed by atoms with Gasteiger partial charge in [-0.25, -0.2) is 0 Å². The van der Waals surface area contributed by atoms with Crippen molar-refractivity contribution in [2.45, 2.75) is 18.9 Å². The molecule has 1 atom stereocenters. The second-order valence-corrected chi connectivity index (χ2v) is 5.96. The van der Waals surface area contributed by atoms with Crippen molar-refractivity contribution in [2.24, 2.45) is 0 Å². The molecule has 0 spiro atoms. The van der Waals surface area contributed by atoms with Crippen LogP contribution in [0.3, 0.4) is 0 Å². The SMILES string of the molecule is O=c1ccc(CCC(O)COc2ccc(-c3ccccc3)cc2)c[nH]1. The summed E-state index contributed by atoms with van der Waals surface area (Å²) in [7, 11) is 0. The van der Waals surface area contributed by atoms with Crippen molar-refractivity contribution in [2.75, 3.05) is 6.61 Å². The van der Waals surface area contributed by atoms with Crippen LogP contribution in [-0.4, -0.2) is 22.8 Å². The van der Waals surface area contributed by atoms with Crippen molar-refractivity contribution in [3.8, 4) is 16.9 Å². The van der Waals surface area contributed by atoms with Gasteiger partial charge in [-0.2, -0.15) is 0 Å². The smallest absolute Gasteiger partial charge is 0.247 e. The molecule has 4 nitrogen and oxygen atoms in total. The normalized spacial score (nSPS) is 11.9.